The molecule has 2 aliphatic heterocycles. The first-order chi connectivity index (χ1) is 14.6. The van der Waals surface area contributed by atoms with E-state index >= 15 is 0 Å². The second kappa shape index (κ2) is 10.2. The van der Waals surface area contributed by atoms with Crippen molar-refractivity contribution in [3.05, 3.63) is 58.6 Å². The van der Waals surface area contributed by atoms with Crippen LogP contribution in [0.2, 0.25) is 5.02 Å². The lowest BCUT2D eigenvalue weighted by atomic mass is 9.96. The fourth-order valence-electron chi connectivity index (χ4n) is 4.47. The number of quaternary nitrogens is 2. The van der Waals surface area contributed by atoms with Crippen LogP contribution in [0.15, 0.2) is 52.3 Å². The Kier molecular flexibility index (Phi) is 7.33. The van der Waals surface area contributed by atoms with Crippen LogP contribution in [0.1, 0.15) is 17.2 Å². The molecule has 0 radical (unpaired) electrons. The van der Waals surface area contributed by atoms with E-state index in [1.165, 1.54) is 32.9 Å². The minimum Gasteiger partial charge on any atom is -0.458 e. The summed E-state index contributed by atoms with van der Waals surface area (Å²) in [4.78, 5) is 17.3. The Labute approximate surface area is 187 Å². The van der Waals surface area contributed by atoms with Crippen LogP contribution < -0.4 is 9.80 Å². The summed E-state index contributed by atoms with van der Waals surface area (Å²) in [5, 5.41) is 0.811. The fourth-order valence-corrected chi connectivity index (χ4v) is 5.79. The summed E-state index contributed by atoms with van der Waals surface area (Å²) in [6, 6.07) is 15.5. The minimum atomic E-state index is -0.286. The first-order valence-corrected chi connectivity index (χ1v) is 11.7. The van der Waals surface area contributed by atoms with E-state index in [1.54, 1.807) is 4.90 Å². The summed E-state index contributed by atoms with van der Waals surface area (Å²) in [7, 11) is 1.50. The monoisotopic (exact) mass is 448 g/mol. The van der Waals surface area contributed by atoms with Crippen LogP contribution in [0.5, 0.6) is 0 Å². The topological polar surface area (TPSA) is 44.4 Å². The summed E-state index contributed by atoms with van der Waals surface area (Å²) < 4.78 is 10.0. The smallest absolute Gasteiger partial charge is 0.332 e. The van der Waals surface area contributed by atoms with Gasteiger partial charge < -0.3 is 19.3 Å². The number of ether oxygens (including phenoxy) is 2. The molecule has 160 valence electrons. The largest absolute Gasteiger partial charge is 0.458 e. The number of fused-ring (bicyclic) bond motifs is 2. The highest BCUT2D eigenvalue weighted by atomic mass is 35.5. The maximum Gasteiger partial charge on any atom is 0.332 e. The zero-order valence-electron chi connectivity index (χ0n) is 17.3. The number of hydrogen-bond acceptors (Lipinski definition) is 4. The maximum absolute atomic E-state index is 11.4. The number of esters is 1. The van der Waals surface area contributed by atoms with Gasteiger partial charge in [-0.15, -0.1) is 0 Å². The van der Waals surface area contributed by atoms with Crippen LogP contribution in [-0.2, 0) is 20.7 Å². The van der Waals surface area contributed by atoms with Crippen molar-refractivity contribution in [3.8, 4) is 0 Å². The Hall–Kier alpha value is -1.57. The Morgan fingerprint density at radius 2 is 1.93 bits per heavy atom. The third-order valence-corrected chi connectivity index (χ3v) is 7.48. The van der Waals surface area contributed by atoms with Gasteiger partial charge in [0.15, 0.2) is 0 Å². The van der Waals surface area contributed by atoms with Gasteiger partial charge in [-0.1, -0.05) is 41.6 Å². The Bertz CT molecular complexity index is 887. The van der Waals surface area contributed by atoms with Crippen LogP contribution in [0.3, 0.4) is 0 Å². The van der Waals surface area contributed by atoms with E-state index in [4.69, 9.17) is 21.1 Å². The van der Waals surface area contributed by atoms with Gasteiger partial charge in [-0.2, -0.15) is 0 Å². The highest BCUT2D eigenvalue weighted by Gasteiger charge is 2.34. The van der Waals surface area contributed by atoms with Crippen LogP contribution in [-0.4, -0.2) is 59.0 Å². The van der Waals surface area contributed by atoms with E-state index in [1.807, 2.05) is 17.8 Å². The number of hydrogen-bond donors (Lipinski definition) is 2. The molecule has 1 atom stereocenters. The molecule has 2 N–H and O–H groups in total. The number of nitrogens with one attached hydrogen (secondary N) is 2. The molecule has 0 amide bonds. The number of rotatable bonds is 6. The molecule has 2 aromatic rings. The maximum atomic E-state index is 11.4. The summed E-state index contributed by atoms with van der Waals surface area (Å²) >= 11 is 8.18. The van der Waals surface area contributed by atoms with Crippen molar-refractivity contribution in [3.63, 3.8) is 0 Å². The molecule has 0 spiro atoms. The predicted octanol–water partition coefficient (Wildman–Crippen LogP) is 1.06. The lowest BCUT2D eigenvalue weighted by Gasteiger charge is -2.35. The van der Waals surface area contributed by atoms with Crippen LogP contribution in [0, 0.1) is 0 Å². The first-order valence-electron chi connectivity index (χ1n) is 10.5. The summed E-state index contributed by atoms with van der Waals surface area (Å²) in [6.07, 6.45) is 1.01. The first kappa shape index (κ1) is 21.7. The van der Waals surface area contributed by atoms with Gasteiger partial charge >= 0.3 is 5.97 Å². The van der Waals surface area contributed by atoms with E-state index in [9.17, 15) is 4.79 Å². The van der Waals surface area contributed by atoms with Gasteiger partial charge in [-0.3, -0.25) is 0 Å². The Balaban J connectivity index is 1.42. The molecule has 2 heterocycles. The average Bonchev–Trinajstić information content (AvgIpc) is 2.91. The molecule has 0 aromatic heterocycles. The number of carbonyl (C=O) groups excluding carboxylic acids is 1. The standard InChI is InChI=1S/C23H27ClN2O3S/c1-28-16-23(27)29-13-12-25-8-10-26(11-9-25)20-15-17-14-18(24)6-7-21(17)30-22-5-3-2-4-19(20)22/h2-7,14,20H,8-13,15-16H2,1H3/p+2/t20-/m1/s1. The lowest BCUT2D eigenvalue weighted by Crippen LogP contribution is -3.28. The van der Waals surface area contributed by atoms with E-state index in [0.29, 0.717) is 12.6 Å². The molecule has 0 unspecified atom stereocenters. The molecule has 0 saturated carbocycles. The predicted molar refractivity (Wildman–Crippen MR) is 118 cm³/mol. The SMILES string of the molecule is COCC(=O)OCC[NH+]1CC[NH+]([C@@H]2Cc3cc(Cl)ccc3Sc3ccccc32)CC1. The molecule has 1 fully saturated rings. The molecule has 30 heavy (non-hydrogen) atoms. The van der Waals surface area contributed by atoms with E-state index < -0.39 is 0 Å². The number of methoxy groups -OCH3 is 1. The van der Waals surface area contributed by atoms with Gasteiger partial charge in [0.05, 0.1) is 0 Å². The van der Waals surface area contributed by atoms with Gasteiger partial charge in [0, 0.05) is 33.9 Å². The Morgan fingerprint density at radius 1 is 1.13 bits per heavy atom. The second-order valence-corrected chi connectivity index (χ2v) is 9.48. The fraction of sp³-hybridized carbons (Fsp3) is 0.435. The van der Waals surface area contributed by atoms with E-state index in [0.717, 1.165) is 44.2 Å². The summed E-state index contributed by atoms with van der Waals surface area (Å²) in [6.45, 7) is 5.75. The quantitative estimate of drug-likeness (QED) is 0.649. The molecular weight excluding hydrogens is 420 g/mol. The van der Waals surface area contributed by atoms with Crippen molar-refractivity contribution < 1.29 is 24.1 Å². The van der Waals surface area contributed by atoms with Crippen molar-refractivity contribution in [2.45, 2.75) is 22.3 Å². The zero-order valence-corrected chi connectivity index (χ0v) is 18.9. The van der Waals surface area contributed by atoms with Crippen LogP contribution in [0.4, 0.5) is 0 Å². The van der Waals surface area contributed by atoms with Gasteiger partial charge in [-0.25, -0.2) is 4.79 Å². The minimum absolute atomic E-state index is 0.0256. The normalized spacial score (nSPS) is 23.2. The molecule has 0 aliphatic carbocycles. The number of halogens is 1. The highest BCUT2D eigenvalue weighted by Crippen LogP contribution is 2.40. The molecule has 0 bridgehead atoms. The van der Waals surface area contributed by atoms with Crippen LogP contribution >= 0.6 is 23.4 Å². The third-order valence-electron chi connectivity index (χ3n) is 6.03. The van der Waals surface area contributed by atoms with Gasteiger partial charge in [0.2, 0.25) is 0 Å². The summed E-state index contributed by atoms with van der Waals surface area (Å²) in [5.74, 6) is -0.286. The molecule has 4 rings (SSSR count). The van der Waals surface area contributed by atoms with Crippen molar-refractivity contribution in [2.24, 2.45) is 0 Å². The van der Waals surface area contributed by atoms with Gasteiger partial charge in [-0.05, 0) is 29.8 Å². The number of piperazine rings is 1. The second-order valence-electron chi connectivity index (χ2n) is 7.96. The highest BCUT2D eigenvalue weighted by molar-refractivity contribution is 7.99. The van der Waals surface area contributed by atoms with Crippen molar-refractivity contribution in [1.82, 2.24) is 0 Å². The van der Waals surface area contributed by atoms with E-state index in [2.05, 4.69) is 36.4 Å². The zero-order chi connectivity index (χ0) is 20.9. The van der Waals surface area contributed by atoms with Gasteiger partial charge in [0.25, 0.3) is 0 Å². The molecular formula is C23H29ClN2O3S+2. The Morgan fingerprint density at radius 3 is 2.73 bits per heavy atom. The molecule has 2 aromatic carbocycles. The lowest BCUT2D eigenvalue weighted by molar-refractivity contribution is -1.03. The average molecular weight is 449 g/mol. The van der Waals surface area contributed by atoms with Crippen molar-refractivity contribution in [2.75, 3.05) is 53.0 Å². The third kappa shape index (κ3) is 5.18. The van der Waals surface area contributed by atoms with Gasteiger partial charge in [0.1, 0.15) is 52.0 Å². The molecule has 1 saturated heterocycles. The molecule has 2 aliphatic rings. The number of carbonyl (C=O) groups is 1. The molecule has 5 nitrogen and oxygen atoms in total. The van der Waals surface area contributed by atoms with E-state index in [-0.39, 0.29) is 12.6 Å². The molecule has 7 heteroatoms. The van der Waals surface area contributed by atoms with Crippen molar-refractivity contribution in [1.29, 1.82) is 0 Å². The van der Waals surface area contributed by atoms with Crippen molar-refractivity contribution >= 4 is 29.3 Å². The number of benzene rings is 2. The summed E-state index contributed by atoms with van der Waals surface area (Å²) in [5.41, 5.74) is 2.79. The van der Waals surface area contributed by atoms with Crippen LogP contribution in [0.25, 0.3) is 0 Å².